The summed E-state index contributed by atoms with van der Waals surface area (Å²) in [5, 5.41) is 11.7. The van der Waals surface area contributed by atoms with Gasteiger partial charge in [-0.05, 0) is 32.9 Å². The summed E-state index contributed by atoms with van der Waals surface area (Å²) in [6, 6.07) is 9.81. The number of aryl methyl sites for hydroxylation is 2. The predicted octanol–water partition coefficient (Wildman–Crippen LogP) is 2.64. The van der Waals surface area contributed by atoms with Gasteiger partial charge in [-0.1, -0.05) is 18.2 Å². The van der Waals surface area contributed by atoms with Crippen LogP contribution in [0.3, 0.4) is 0 Å². The Bertz CT molecular complexity index is 848. The predicted molar refractivity (Wildman–Crippen MR) is 92.1 cm³/mol. The molecule has 1 aromatic carbocycles. The highest BCUT2D eigenvalue weighted by Gasteiger charge is 2.19. The number of rotatable bonds is 5. The second-order valence-corrected chi connectivity index (χ2v) is 5.68. The highest BCUT2D eigenvalue weighted by atomic mass is 16.1. The smallest absolute Gasteiger partial charge is 0.255 e. The van der Waals surface area contributed by atoms with Gasteiger partial charge in [-0.2, -0.15) is 10.2 Å². The Hall–Kier alpha value is -2.89. The minimum absolute atomic E-state index is 0.114. The number of hydrogen-bond donors (Lipinski definition) is 1. The maximum atomic E-state index is 12.6. The van der Waals surface area contributed by atoms with Crippen LogP contribution in [0.2, 0.25) is 0 Å². The zero-order chi connectivity index (χ0) is 17.1. The number of amides is 1. The minimum Gasteiger partial charge on any atom is -0.348 e. The van der Waals surface area contributed by atoms with Gasteiger partial charge in [-0.3, -0.25) is 9.48 Å². The molecule has 0 aliphatic heterocycles. The Morgan fingerprint density at radius 2 is 1.96 bits per heavy atom. The topological polar surface area (TPSA) is 64.7 Å². The van der Waals surface area contributed by atoms with E-state index in [-0.39, 0.29) is 5.91 Å². The number of aromatic nitrogens is 4. The van der Waals surface area contributed by atoms with Gasteiger partial charge in [0.15, 0.2) is 0 Å². The molecule has 24 heavy (non-hydrogen) atoms. The van der Waals surface area contributed by atoms with E-state index in [9.17, 15) is 4.79 Å². The van der Waals surface area contributed by atoms with E-state index < -0.39 is 0 Å². The van der Waals surface area contributed by atoms with Gasteiger partial charge in [0.25, 0.3) is 5.91 Å². The Balaban J connectivity index is 1.79. The van der Waals surface area contributed by atoms with Crippen LogP contribution in [-0.2, 0) is 13.1 Å². The van der Waals surface area contributed by atoms with E-state index in [1.54, 1.807) is 10.9 Å². The zero-order valence-corrected chi connectivity index (χ0v) is 14.2. The molecule has 6 nitrogen and oxygen atoms in total. The Morgan fingerprint density at radius 1 is 1.21 bits per heavy atom. The van der Waals surface area contributed by atoms with Gasteiger partial charge in [0.1, 0.15) is 0 Å². The van der Waals surface area contributed by atoms with E-state index in [4.69, 9.17) is 0 Å². The van der Waals surface area contributed by atoms with Crippen molar-refractivity contribution in [2.24, 2.45) is 0 Å². The molecule has 2 heterocycles. The third-order valence-electron chi connectivity index (χ3n) is 3.98. The van der Waals surface area contributed by atoms with Crippen molar-refractivity contribution < 1.29 is 4.79 Å². The fourth-order valence-corrected chi connectivity index (χ4v) is 2.73. The van der Waals surface area contributed by atoms with E-state index in [0.717, 1.165) is 29.2 Å². The van der Waals surface area contributed by atoms with Gasteiger partial charge in [0.05, 0.1) is 28.8 Å². The number of nitrogens with zero attached hydrogens (tertiary/aromatic N) is 4. The third kappa shape index (κ3) is 3.08. The monoisotopic (exact) mass is 323 g/mol. The Morgan fingerprint density at radius 3 is 2.62 bits per heavy atom. The largest absolute Gasteiger partial charge is 0.348 e. The lowest BCUT2D eigenvalue weighted by Crippen LogP contribution is -2.23. The molecule has 0 fully saturated rings. The zero-order valence-electron chi connectivity index (χ0n) is 14.2. The SMILES string of the molecule is CCn1cc(CNC(=O)c2c(C)nn(-c3ccccc3)c2C)cn1. The standard InChI is InChI=1S/C18H21N5O/c1-4-22-12-15(11-20-22)10-19-18(24)17-13(2)21-23(14(17)3)16-8-6-5-7-9-16/h5-9,11-12H,4,10H2,1-3H3,(H,19,24). The lowest BCUT2D eigenvalue weighted by Gasteiger charge is -2.06. The number of hydrogen-bond acceptors (Lipinski definition) is 3. The molecule has 0 unspecified atom stereocenters. The van der Waals surface area contributed by atoms with Crippen molar-refractivity contribution in [3.8, 4) is 5.69 Å². The number of benzene rings is 1. The molecular formula is C18H21N5O. The fourth-order valence-electron chi connectivity index (χ4n) is 2.73. The summed E-state index contributed by atoms with van der Waals surface area (Å²) in [5.41, 5.74) is 4.11. The molecule has 2 aromatic heterocycles. The van der Waals surface area contributed by atoms with Crippen molar-refractivity contribution in [1.82, 2.24) is 24.9 Å². The molecule has 0 spiro atoms. The second kappa shape index (κ2) is 6.70. The van der Waals surface area contributed by atoms with Crippen LogP contribution in [0.4, 0.5) is 0 Å². The molecule has 3 rings (SSSR count). The number of nitrogens with one attached hydrogen (secondary N) is 1. The summed E-state index contributed by atoms with van der Waals surface area (Å²) < 4.78 is 3.64. The minimum atomic E-state index is -0.114. The maximum absolute atomic E-state index is 12.6. The molecular weight excluding hydrogens is 302 g/mol. The normalized spacial score (nSPS) is 10.8. The first kappa shape index (κ1) is 16.0. The molecule has 6 heteroatoms. The lowest BCUT2D eigenvalue weighted by atomic mass is 10.2. The maximum Gasteiger partial charge on any atom is 0.255 e. The first-order chi connectivity index (χ1) is 11.6. The summed E-state index contributed by atoms with van der Waals surface area (Å²) >= 11 is 0. The molecule has 124 valence electrons. The summed E-state index contributed by atoms with van der Waals surface area (Å²) in [6.45, 7) is 7.07. The van der Waals surface area contributed by atoms with Gasteiger partial charge in [-0.15, -0.1) is 0 Å². The van der Waals surface area contributed by atoms with Crippen LogP contribution in [0.25, 0.3) is 5.69 Å². The van der Waals surface area contributed by atoms with E-state index >= 15 is 0 Å². The van der Waals surface area contributed by atoms with E-state index in [0.29, 0.717) is 12.1 Å². The number of carbonyl (C=O) groups excluding carboxylic acids is 1. The first-order valence-electron chi connectivity index (χ1n) is 8.01. The van der Waals surface area contributed by atoms with Crippen molar-refractivity contribution in [3.05, 3.63) is 65.2 Å². The van der Waals surface area contributed by atoms with Crippen LogP contribution in [0.15, 0.2) is 42.7 Å². The summed E-state index contributed by atoms with van der Waals surface area (Å²) in [7, 11) is 0. The van der Waals surface area contributed by atoms with Crippen molar-refractivity contribution in [3.63, 3.8) is 0 Å². The quantitative estimate of drug-likeness (QED) is 0.785. The molecule has 3 aromatic rings. The summed E-state index contributed by atoms with van der Waals surface area (Å²) in [5.74, 6) is -0.114. The van der Waals surface area contributed by atoms with Crippen LogP contribution in [0.1, 0.15) is 34.2 Å². The Kier molecular flexibility index (Phi) is 4.46. The molecule has 0 saturated carbocycles. The van der Waals surface area contributed by atoms with Gasteiger partial charge in [0, 0.05) is 24.8 Å². The van der Waals surface area contributed by atoms with Crippen LogP contribution >= 0.6 is 0 Å². The van der Waals surface area contributed by atoms with Crippen LogP contribution in [0, 0.1) is 13.8 Å². The average Bonchev–Trinajstić information content (AvgIpc) is 3.18. The van der Waals surface area contributed by atoms with E-state index in [1.807, 2.05) is 62.0 Å². The van der Waals surface area contributed by atoms with Gasteiger partial charge < -0.3 is 5.32 Å². The summed E-state index contributed by atoms with van der Waals surface area (Å²) in [4.78, 5) is 12.6. The lowest BCUT2D eigenvalue weighted by molar-refractivity contribution is 0.0949. The molecule has 0 saturated heterocycles. The van der Waals surface area contributed by atoms with Gasteiger partial charge in [0.2, 0.25) is 0 Å². The molecule has 0 bridgehead atoms. The first-order valence-corrected chi connectivity index (χ1v) is 8.01. The molecule has 1 amide bonds. The number of carbonyl (C=O) groups is 1. The molecule has 1 N–H and O–H groups in total. The van der Waals surface area contributed by atoms with Crippen LogP contribution < -0.4 is 5.32 Å². The Labute approximate surface area is 141 Å². The number of para-hydroxylation sites is 1. The molecule has 0 aliphatic rings. The molecule has 0 radical (unpaired) electrons. The average molecular weight is 323 g/mol. The van der Waals surface area contributed by atoms with Crippen LogP contribution in [-0.4, -0.2) is 25.5 Å². The van der Waals surface area contributed by atoms with Crippen molar-refractivity contribution >= 4 is 5.91 Å². The van der Waals surface area contributed by atoms with Gasteiger partial charge >= 0.3 is 0 Å². The summed E-state index contributed by atoms with van der Waals surface area (Å²) in [6.07, 6.45) is 3.71. The van der Waals surface area contributed by atoms with E-state index in [1.165, 1.54) is 0 Å². The van der Waals surface area contributed by atoms with Crippen molar-refractivity contribution in [2.75, 3.05) is 0 Å². The molecule has 0 atom stereocenters. The second-order valence-electron chi connectivity index (χ2n) is 5.68. The third-order valence-corrected chi connectivity index (χ3v) is 3.98. The molecule has 0 aliphatic carbocycles. The van der Waals surface area contributed by atoms with Crippen molar-refractivity contribution in [2.45, 2.75) is 33.9 Å². The highest BCUT2D eigenvalue weighted by molar-refractivity contribution is 5.96. The van der Waals surface area contributed by atoms with Crippen LogP contribution in [0.5, 0.6) is 0 Å². The van der Waals surface area contributed by atoms with Gasteiger partial charge in [-0.25, -0.2) is 4.68 Å². The van der Waals surface area contributed by atoms with Crippen molar-refractivity contribution in [1.29, 1.82) is 0 Å². The van der Waals surface area contributed by atoms with E-state index in [2.05, 4.69) is 15.5 Å². The fraction of sp³-hybridized carbons (Fsp3) is 0.278. The highest BCUT2D eigenvalue weighted by Crippen LogP contribution is 2.17.